The average molecular weight is 524 g/mol. The average Bonchev–Trinajstić information content (AvgIpc) is 3.32. The molecule has 0 aliphatic heterocycles. The standard InChI is InChI=1S/C22H18Cl3FN6S/c1-13-6-21(30-32(13)11-15-3-5-17(26)8-20(15)25)29-22(33)28-18-9-27-31(12-18)10-14-2-4-16(23)7-19(14)24/h2-9,12H,10-11H2,1H3,(H2,28,29,30,33). The van der Waals surface area contributed by atoms with Crippen LogP contribution in [0.3, 0.4) is 0 Å². The summed E-state index contributed by atoms with van der Waals surface area (Å²) in [4.78, 5) is 0. The highest BCUT2D eigenvalue weighted by Crippen LogP contribution is 2.22. The Morgan fingerprint density at radius 1 is 1.00 bits per heavy atom. The summed E-state index contributed by atoms with van der Waals surface area (Å²) >= 11 is 23.7. The van der Waals surface area contributed by atoms with Crippen molar-refractivity contribution in [3.63, 3.8) is 0 Å². The molecule has 4 rings (SSSR count). The van der Waals surface area contributed by atoms with Gasteiger partial charge in [0.2, 0.25) is 0 Å². The van der Waals surface area contributed by atoms with Crippen LogP contribution in [0.15, 0.2) is 54.9 Å². The monoisotopic (exact) mass is 522 g/mol. The lowest BCUT2D eigenvalue weighted by Gasteiger charge is -2.08. The predicted molar refractivity (Wildman–Crippen MR) is 135 cm³/mol. The summed E-state index contributed by atoms with van der Waals surface area (Å²) in [7, 11) is 0. The minimum Gasteiger partial charge on any atom is -0.330 e. The van der Waals surface area contributed by atoms with Crippen molar-refractivity contribution in [1.29, 1.82) is 0 Å². The van der Waals surface area contributed by atoms with Gasteiger partial charge in [0, 0.05) is 33.0 Å². The number of hydrogen-bond donors (Lipinski definition) is 2. The number of nitrogens with zero attached hydrogens (tertiary/aromatic N) is 4. The fourth-order valence-electron chi connectivity index (χ4n) is 3.16. The van der Waals surface area contributed by atoms with Crippen molar-refractivity contribution in [3.8, 4) is 0 Å². The number of halogens is 4. The fourth-order valence-corrected chi connectivity index (χ4v) is 4.08. The smallest absolute Gasteiger partial charge is 0.176 e. The van der Waals surface area contributed by atoms with E-state index in [0.717, 1.165) is 16.8 Å². The molecule has 0 atom stereocenters. The largest absolute Gasteiger partial charge is 0.330 e. The molecule has 33 heavy (non-hydrogen) atoms. The van der Waals surface area contributed by atoms with Crippen LogP contribution in [0.2, 0.25) is 15.1 Å². The summed E-state index contributed by atoms with van der Waals surface area (Å²) in [6.07, 6.45) is 3.48. The molecule has 0 spiro atoms. The van der Waals surface area contributed by atoms with E-state index in [9.17, 15) is 4.39 Å². The number of aryl methyl sites for hydroxylation is 1. The van der Waals surface area contributed by atoms with Gasteiger partial charge in [-0.05, 0) is 54.5 Å². The first-order chi connectivity index (χ1) is 15.8. The molecule has 0 bridgehead atoms. The van der Waals surface area contributed by atoms with E-state index in [0.29, 0.717) is 44.8 Å². The van der Waals surface area contributed by atoms with E-state index in [4.69, 9.17) is 47.0 Å². The van der Waals surface area contributed by atoms with Crippen LogP contribution < -0.4 is 10.6 Å². The van der Waals surface area contributed by atoms with Gasteiger partial charge in [-0.2, -0.15) is 10.2 Å². The fraction of sp³-hybridized carbons (Fsp3) is 0.136. The van der Waals surface area contributed by atoms with Gasteiger partial charge in [-0.1, -0.05) is 46.9 Å². The number of nitrogens with one attached hydrogen (secondary N) is 2. The Morgan fingerprint density at radius 2 is 1.73 bits per heavy atom. The van der Waals surface area contributed by atoms with Crippen LogP contribution in [0.1, 0.15) is 16.8 Å². The number of hydrogen-bond acceptors (Lipinski definition) is 3. The molecule has 2 heterocycles. The summed E-state index contributed by atoms with van der Waals surface area (Å²) < 4.78 is 16.8. The second kappa shape index (κ2) is 10.1. The van der Waals surface area contributed by atoms with Crippen LogP contribution in [0.25, 0.3) is 0 Å². The number of aromatic nitrogens is 4. The molecule has 0 aliphatic rings. The Hall–Kier alpha value is -2.65. The third-order valence-electron chi connectivity index (χ3n) is 4.80. The van der Waals surface area contributed by atoms with Gasteiger partial charge in [-0.15, -0.1) is 0 Å². The van der Waals surface area contributed by atoms with Gasteiger partial charge in [-0.3, -0.25) is 9.36 Å². The number of anilines is 2. The summed E-state index contributed by atoms with van der Waals surface area (Å²) in [6.45, 7) is 2.82. The minimum atomic E-state index is -0.376. The van der Waals surface area contributed by atoms with E-state index < -0.39 is 0 Å². The molecule has 11 heteroatoms. The molecule has 0 fully saturated rings. The Morgan fingerprint density at radius 3 is 2.48 bits per heavy atom. The van der Waals surface area contributed by atoms with Crippen molar-refractivity contribution in [2.24, 2.45) is 0 Å². The molecule has 0 saturated carbocycles. The molecule has 0 aliphatic carbocycles. The van der Waals surface area contributed by atoms with Crippen LogP contribution in [0.5, 0.6) is 0 Å². The maximum absolute atomic E-state index is 13.3. The number of thiocarbonyl (C=S) groups is 1. The Kier molecular flexibility index (Phi) is 7.19. The van der Waals surface area contributed by atoms with E-state index >= 15 is 0 Å². The summed E-state index contributed by atoms with van der Waals surface area (Å²) in [5.74, 6) is 0.197. The molecule has 0 saturated heterocycles. The second-order valence-electron chi connectivity index (χ2n) is 7.31. The van der Waals surface area contributed by atoms with E-state index in [1.807, 2.05) is 25.3 Å². The molecule has 0 amide bonds. The lowest BCUT2D eigenvalue weighted by atomic mass is 10.2. The lowest BCUT2D eigenvalue weighted by Crippen LogP contribution is -2.19. The molecule has 0 unspecified atom stereocenters. The highest BCUT2D eigenvalue weighted by atomic mass is 35.5. The van der Waals surface area contributed by atoms with Crippen molar-refractivity contribution in [2.75, 3.05) is 10.6 Å². The van der Waals surface area contributed by atoms with Crippen molar-refractivity contribution >= 4 is 63.6 Å². The van der Waals surface area contributed by atoms with Crippen LogP contribution in [-0.4, -0.2) is 24.7 Å². The van der Waals surface area contributed by atoms with E-state index in [-0.39, 0.29) is 5.82 Å². The molecule has 6 nitrogen and oxygen atoms in total. The SMILES string of the molecule is Cc1cc(NC(=S)Nc2cnn(Cc3ccc(Cl)cc3Cl)c2)nn1Cc1ccc(F)cc1Cl. The lowest BCUT2D eigenvalue weighted by molar-refractivity contribution is 0.623. The van der Waals surface area contributed by atoms with Gasteiger partial charge in [0.15, 0.2) is 10.9 Å². The van der Waals surface area contributed by atoms with Gasteiger partial charge in [0.25, 0.3) is 0 Å². The highest BCUT2D eigenvalue weighted by molar-refractivity contribution is 7.80. The third-order valence-corrected chi connectivity index (χ3v) is 5.94. The predicted octanol–water partition coefficient (Wildman–Crippen LogP) is 6.39. The van der Waals surface area contributed by atoms with Gasteiger partial charge < -0.3 is 10.6 Å². The molecule has 4 aromatic rings. The second-order valence-corrected chi connectivity index (χ2v) is 8.96. The van der Waals surface area contributed by atoms with Gasteiger partial charge in [0.05, 0.1) is 25.0 Å². The first kappa shape index (κ1) is 23.5. The highest BCUT2D eigenvalue weighted by Gasteiger charge is 2.10. The Bertz CT molecular complexity index is 1320. The van der Waals surface area contributed by atoms with Gasteiger partial charge in [-0.25, -0.2) is 4.39 Å². The molecular formula is C22H18Cl3FN6S. The van der Waals surface area contributed by atoms with Crippen LogP contribution >= 0.6 is 47.0 Å². The van der Waals surface area contributed by atoms with Crippen LogP contribution in [-0.2, 0) is 13.1 Å². The van der Waals surface area contributed by atoms with Crippen molar-refractivity contribution < 1.29 is 4.39 Å². The van der Waals surface area contributed by atoms with E-state index in [1.54, 1.807) is 33.8 Å². The van der Waals surface area contributed by atoms with Crippen LogP contribution in [0.4, 0.5) is 15.9 Å². The van der Waals surface area contributed by atoms with Crippen molar-refractivity contribution in [2.45, 2.75) is 20.0 Å². The number of benzene rings is 2. The summed E-state index contributed by atoms with van der Waals surface area (Å²) in [5, 5.41) is 16.9. The molecular weight excluding hydrogens is 506 g/mol. The summed E-state index contributed by atoms with van der Waals surface area (Å²) in [5.41, 5.74) is 3.28. The molecule has 0 radical (unpaired) electrons. The van der Waals surface area contributed by atoms with Gasteiger partial charge >= 0.3 is 0 Å². The zero-order valence-corrected chi connectivity index (χ0v) is 20.4. The van der Waals surface area contributed by atoms with Crippen LogP contribution in [0, 0.1) is 12.7 Å². The zero-order valence-electron chi connectivity index (χ0n) is 17.3. The van der Waals surface area contributed by atoms with E-state index in [1.165, 1.54) is 12.1 Å². The summed E-state index contributed by atoms with van der Waals surface area (Å²) in [6, 6.07) is 11.5. The first-order valence-corrected chi connectivity index (χ1v) is 11.3. The number of rotatable bonds is 6. The first-order valence-electron chi connectivity index (χ1n) is 9.79. The topological polar surface area (TPSA) is 59.7 Å². The maximum atomic E-state index is 13.3. The molecule has 2 aromatic carbocycles. The van der Waals surface area contributed by atoms with Crippen molar-refractivity contribution in [3.05, 3.63) is 92.6 Å². The normalized spacial score (nSPS) is 10.9. The Labute approximate surface area is 210 Å². The molecule has 2 aromatic heterocycles. The quantitative estimate of drug-likeness (QED) is 0.287. The minimum absolute atomic E-state index is 0.355. The zero-order chi connectivity index (χ0) is 23.5. The third kappa shape index (κ3) is 6.03. The van der Waals surface area contributed by atoms with Gasteiger partial charge in [0.1, 0.15) is 5.82 Å². The van der Waals surface area contributed by atoms with Crippen molar-refractivity contribution in [1.82, 2.24) is 19.6 Å². The van der Waals surface area contributed by atoms with E-state index in [2.05, 4.69) is 20.8 Å². The molecule has 170 valence electrons. The Balaban J connectivity index is 1.37. The molecule has 2 N–H and O–H groups in total. The maximum Gasteiger partial charge on any atom is 0.176 e.